The summed E-state index contributed by atoms with van der Waals surface area (Å²) in [5.74, 6) is 3.06. The van der Waals surface area contributed by atoms with Crippen molar-refractivity contribution in [1.82, 2.24) is 4.98 Å². The van der Waals surface area contributed by atoms with Gasteiger partial charge in [-0.2, -0.15) is 0 Å². The number of hydrogen-bond acceptors (Lipinski definition) is 2. The highest BCUT2D eigenvalue weighted by Crippen LogP contribution is 2.35. The first-order chi connectivity index (χ1) is 9.17. The second kappa shape index (κ2) is 6.60. The van der Waals surface area contributed by atoms with E-state index in [0.717, 1.165) is 35.2 Å². The van der Waals surface area contributed by atoms with Crippen LogP contribution in [0.25, 0.3) is 0 Å². The van der Waals surface area contributed by atoms with E-state index in [4.69, 9.17) is 16.3 Å². The molecule has 0 aromatic carbocycles. The molecular formula is C16H24ClNO. The van der Waals surface area contributed by atoms with Gasteiger partial charge in [0.05, 0.1) is 7.11 Å². The minimum absolute atomic E-state index is 0.558. The van der Waals surface area contributed by atoms with Crippen LogP contribution in [-0.2, 0) is 6.42 Å². The van der Waals surface area contributed by atoms with E-state index in [2.05, 4.69) is 11.9 Å². The monoisotopic (exact) mass is 281 g/mol. The molecule has 106 valence electrons. The summed E-state index contributed by atoms with van der Waals surface area (Å²) in [5.41, 5.74) is 3.43. The van der Waals surface area contributed by atoms with Crippen LogP contribution in [0.5, 0.6) is 5.75 Å². The van der Waals surface area contributed by atoms with Crippen LogP contribution < -0.4 is 4.74 Å². The average Bonchev–Trinajstić information content (AvgIpc) is 2.92. The molecule has 1 aliphatic rings. The first-order valence-corrected chi connectivity index (χ1v) is 7.75. The molecule has 2 nitrogen and oxygen atoms in total. The Labute approximate surface area is 121 Å². The molecule has 0 amide bonds. The smallest absolute Gasteiger partial charge is 0.128 e. The van der Waals surface area contributed by atoms with E-state index in [1.165, 1.54) is 31.2 Å². The van der Waals surface area contributed by atoms with Crippen LogP contribution in [0.1, 0.15) is 42.5 Å². The fraction of sp³-hybridized carbons (Fsp3) is 0.688. The summed E-state index contributed by atoms with van der Waals surface area (Å²) in [6, 6.07) is 0. The van der Waals surface area contributed by atoms with Crippen molar-refractivity contribution >= 4 is 11.6 Å². The summed E-state index contributed by atoms with van der Waals surface area (Å²) in [6.07, 6.45) is 8.29. The molecule has 1 fully saturated rings. The third-order valence-corrected chi connectivity index (χ3v) is 4.87. The van der Waals surface area contributed by atoms with Gasteiger partial charge in [0.1, 0.15) is 5.75 Å². The van der Waals surface area contributed by atoms with Crippen LogP contribution in [0.4, 0.5) is 0 Å². The zero-order valence-electron chi connectivity index (χ0n) is 12.2. The first-order valence-electron chi connectivity index (χ1n) is 7.22. The van der Waals surface area contributed by atoms with Crippen LogP contribution in [0.2, 0.25) is 0 Å². The minimum Gasteiger partial charge on any atom is -0.496 e. The van der Waals surface area contributed by atoms with Crippen LogP contribution in [0.3, 0.4) is 0 Å². The van der Waals surface area contributed by atoms with Gasteiger partial charge in [-0.15, -0.1) is 11.6 Å². The normalized spacial score (nSPS) is 17.7. The molecule has 1 aromatic rings. The number of halogens is 1. The van der Waals surface area contributed by atoms with E-state index in [1.54, 1.807) is 7.11 Å². The van der Waals surface area contributed by atoms with Gasteiger partial charge in [0.25, 0.3) is 0 Å². The highest BCUT2D eigenvalue weighted by Gasteiger charge is 2.25. The second-order valence-electron chi connectivity index (χ2n) is 5.71. The fourth-order valence-corrected chi connectivity index (χ4v) is 3.66. The van der Waals surface area contributed by atoms with Crippen LogP contribution in [0, 0.1) is 25.7 Å². The van der Waals surface area contributed by atoms with Crippen molar-refractivity contribution in [3.63, 3.8) is 0 Å². The molecule has 0 spiro atoms. The Morgan fingerprint density at radius 1 is 1.37 bits per heavy atom. The number of ether oxygens (including phenoxy) is 1. The van der Waals surface area contributed by atoms with Gasteiger partial charge in [-0.3, -0.25) is 4.98 Å². The van der Waals surface area contributed by atoms with Gasteiger partial charge in [-0.25, -0.2) is 0 Å². The summed E-state index contributed by atoms with van der Waals surface area (Å²) < 4.78 is 5.48. The lowest BCUT2D eigenvalue weighted by Crippen LogP contribution is -2.18. The van der Waals surface area contributed by atoms with Crippen LogP contribution in [0.15, 0.2) is 6.20 Å². The Balaban J connectivity index is 2.17. The molecule has 1 atom stereocenters. The molecule has 1 heterocycles. The summed E-state index contributed by atoms with van der Waals surface area (Å²) in [6.45, 7) is 4.15. The summed E-state index contributed by atoms with van der Waals surface area (Å²) in [5, 5.41) is 0. The molecule has 2 rings (SSSR count). The molecule has 0 saturated heterocycles. The van der Waals surface area contributed by atoms with Crippen LogP contribution >= 0.6 is 11.6 Å². The summed E-state index contributed by atoms with van der Waals surface area (Å²) in [4.78, 5) is 4.61. The number of methoxy groups -OCH3 is 1. The van der Waals surface area contributed by atoms with E-state index in [9.17, 15) is 0 Å². The Bertz CT molecular complexity index is 427. The zero-order valence-corrected chi connectivity index (χ0v) is 13.0. The molecule has 1 saturated carbocycles. The Hall–Kier alpha value is -0.760. The van der Waals surface area contributed by atoms with Crippen LogP contribution in [-0.4, -0.2) is 18.0 Å². The molecule has 19 heavy (non-hydrogen) atoms. The summed E-state index contributed by atoms with van der Waals surface area (Å²) in [7, 11) is 1.73. The lowest BCUT2D eigenvalue weighted by atomic mass is 9.87. The molecule has 1 unspecified atom stereocenters. The lowest BCUT2D eigenvalue weighted by Gasteiger charge is -2.22. The Morgan fingerprint density at radius 3 is 2.63 bits per heavy atom. The number of nitrogens with zero attached hydrogens (tertiary/aromatic N) is 1. The van der Waals surface area contributed by atoms with E-state index >= 15 is 0 Å². The molecule has 1 aliphatic carbocycles. The number of rotatable bonds is 5. The van der Waals surface area contributed by atoms with E-state index in [-0.39, 0.29) is 0 Å². The van der Waals surface area contributed by atoms with Crippen molar-refractivity contribution < 1.29 is 4.74 Å². The molecular weight excluding hydrogens is 258 g/mol. The molecule has 1 aromatic heterocycles. The average molecular weight is 282 g/mol. The lowest BCUT2D eigenvalue weighted by molar-refractivity contribution is 0.363. The van der Waals surface area contributed by atoms with Crippen molar-refractivity contribution in [3.05, 3.63) is 23.0 Å². The highest BCUT2D eigenvalue weighted by atomic mass is 35.5. The second-order valence-corrected chi connectivity index (χ2v) is 6.02. The molecule has 3 heteroatoms. The number of aromatic nitrogens is 1. The number of alkyl halides is 1. The maximum Gasteiger partial charge on any atom is 0.128 e. The minimum atomic E-state index is 0.558. The SMILES string of the molecule is COc1c(C)cnc(CC(CCl)C2CCCC2)c1C. The van der Waals surface area contributed by atoms with Gasteiger partial charge in [-0.1, -0.05) is 25.7 Å². The van der Waals surface area contributed by atoms with Gasteiger partial charge in [0.15, 0.2) is 0 Å². The summed E-state index contributed by atoms with van der Waals surface area (Å²) >= 11 is 6.20. The number of hydrogen-bond donors (Lipinski definition) is 0. The third-order valence-electron chi connectivity index (χ3n) is 4.47. The quantitative estimate of drug-likeness (QED) is 0.751. The van der Waals surface area contributed by atoms with Gasteiger partial charge < -0.3 is 4.74 Å². The first kappa shape index (κ1) is 14.6. The standard InChI is InChI=1S/C16H24ClNO/c1-11-10-18-15(12(2)16(11)19-3)8-14(9-17)13-6-4-5-7-13/h10,13-14H,4-9H2,1-3H3. The van der Waals surface area contributed by atoms with Crippen molar-refractivity contribution in [3.8, 4) is 5.75 Å². The Morgan fingerprint density at radius 2 is 2.05 bits per heavy atom. The van der Waals surface area contributed by atoms with Crippen molar-refractivity contribution in [1.29, 1.82) is 0 Å². The van der Waals surface area contributed by atoms with Crippen molar-refractivity contribution in [2.24, 2.45) is 11.8 Å². The maximum atomic E-state index is 6.20. The van der Waals surface area contributed by atoms with Gasteiger partial charge in [0, 0.05) is 28.9 Å². The molecule has 0 radical (unpaired) electrons. The molecule has 0 aliphatic heterocycles. The van der Waals surface area contributed by atoms with E-state index in [0.29, 0.717) is 5.92 Å². The van der Waals surface area contributed by atoms with E-state index < -0.39 is 0 Å². The molecule has 0 N–H and O–H groups in total. The van der Waals surface area contributed by atoms with E-state index in [1.807, 2.05) is 13.1 Å². The third kappa shape index (κ3) is 3.22. The zero-order chi connectivity index (χ0) is 13.8. The van der Waals surface area contributed by atoms with Gasteiger partial charge >= 0.3 is 0 Å². The van der Waals surface area contributed by atoms with Gasteiger partial charge in [0.2, 0.25) is 0 Å². The molecule has 0 bridgehead atoms. The van der Waals surface area contributed by atoms with Crippen molar-refractivity contribution in [2.75, 3.05) is 13.0 Å². The maximum absolute atomic E-state index is 6.20. The predicted molar refractivity (Wildman–Crippen MR) is 80.1 cm³/mol. The topological polar surface area (TPSA) is 22.1 Å². The number of pyridine rings is 1. The largest absolute Gasteiger partial charge is 0.496 e. The fourth-order valence-electron chi connectivity index (χ4n) is 3.30. The van der Waals surface area contributed by atoms with Gasteiger partial charge in [-0.05, 0) is 32.1 Å². The number of aryl methyl sites for hydroxylation is 1. The van der Waals surface area contributed by atoms with Crippen molar-refractivity contribution in [2.45, 2.75) is 46.0 Å². The highest BCUT2D eigenvalue weighted by molar-refractivity contribution is 6.18. The Kier molecular flexibility index (Phi) is 5.09. The predicted octanol–water partition coefficient (Wildman–Crippen LogP) is 4.29.